The van der Waals surface area contributed by atoms with Gasteiger partial charge < -0.3 is 9.64 Å². The van der Waals surface area contributed by atoms with E-state index >= 15 is 0 Å². The predicted octanol–water partition coefficient (Wildman–Crippen LogP) is 1.65. The molecule has 6 heteroatoms. The SMILES string of the molecule is COc1cccc2c1C(=O)N(Cc1cnn(C)c1)C2C#N. The summed E-state index contributed by atoms with van der Waals surface area (Å²) in [5.74, 6) is 0.323. The number of hydrogen-bond acceptors (Lipinski definition) is 4. The summed E-state index contributed by atoms with van der Waals surface area (Å²) < 4.78 is 6.92. The average Bonchev–Trinajstić information content (AvgIpc) is 3.02. The van der Waals surface area contributed by atoms with E-state index in [1.807, 2.05) is 13.2 Å². The molecular weight excluding hydrogens is 268 g/mol. The highest BCUT2D eigenvalue weighted by Gasteiger charge is 2.39. The van der Waals surface area contributed by atoms with E-state index in [2.05, 4.69) is 11.2 Å². The van der Waals surface area contributed by atoms with E-state index in [1.165, 1.54) is 7.11 Å². The highest BCUT2D eigenvalue weighted by atomic mass is 16.5. The van der Waals surface area contributed by atoms with Gasteiger partial charge in [-0.2, -0.15) is 10.4 Å². The average molecular weight is 282 g/mol. The van der Waals surface area contributed by atoms with Crippen LogP contribution in [0, 0.1) is 11.3 Å². The maximum absolute atomic E-state index is 12.6. The number of amides is 1. The van der Waals surface area contributed by atoms with E-state index in [9.17, 15) is 10.1 Å². The number of carbonyl (C=O) groups is 1. The van der Waals surface area contributed by atoms with Crippen LogP contribution in [0.4, 0.5) is 0 Å². The molecule has 1 aromatic carbocycles. The van der Waals surface area contributed by atoms with Crippen molar-refractivity contribution in [2.75, 3.05) is 7.11 Å². The number of benzene rings is 1. The number of rotatable bonds is 3. The van der Waals surface area contributed by atoms with Gasteiger partial charge in [0.2, 0.25) is 0 Å². The van der Waals surface area contributed by atoms with Crippen LogP contribution in [0.3, 0.4) is 0 Å². The number of ether oxygens (including phenoxy) is 1. The molecule has 1 amide bonds. The summed E-state index contributed by atoms with van der Waals surface area (Å²) in [5, 5.41) is 13.5. The van der Waals surface area contributed by atoms with Crippen molar-refractivity contribution in [1.82, 2.24) is 14.7 Å². The molecule has 0 radical (unpaired) electrons. The van der Waals surface area contributed by atoms with Crippen LogP contribution < -0.4 is 4.74 Å². The molecule has 106 valence electrons. The third-order valence-electron chi connectivity index (χ3n) is 3.59. The Kier molecular flexibility index (Phi) is 3.10. The van der Waals surface area contributed by atoms with Crippen molar-refractivity contribution in [2.24, 2.45) is 7.05 Å². The van der Waals surface area contributed by atoms with Crippen LogP contribution in [0.25, 0.3) is 0 Å². The number of hydrogen-bond donors (Lipinski definition) is 0. The van der Waals surface area contributed by atoms with Crippen molar-refractivity contribution in [3.63, 3.8) is 0 Å². The Hall–Kier alpha value is -2.81. The molecule has 1 unspecified atom stereocenters. The number of fused-ring (bicyclic) bond motifs is 1. The Morgan fingerprint density at radius 2 is 2.29 bits per heavy atom. The van der Waals surface area contributed by atoms with Gasteiger partial charge in [0.25, 0.3) is 5.91 Å². The Labute approximate surface area is 122 Å². The number of methoxy groups -OCH3 is 1. The molecule has 1 aromatic heterocycles. The second kappa shape index (κ2) is 4.94. The fourth-order valence-electron chi connectivity index (χ4n) is 2.66. The van der Waals surface area contributed by atoms with E-state index in [-0.39, 0.29) is 5.91 Å². The predicted molar refractivity (Wildman–Crippen MR) is 74.4 cm³/mol. The molecule has 0 N–H and O–H groups in total. The first kappa shape index (κ1) is 13.2. The zero-order chi connectivity index (χ0) is 15.0. The van der Waals surface area contributed by atoms with E-state index in [1.54, 1.807) is 34.0 Å². The lowest BCUT2D eigenvalue weighted by Gasteiger charge is -2.18. The molecule has 0 saturated carbocycles. The summed E-state index contributed by atoms with van der Waals surface area (Å²) in [7, 11) is 3.34. The first-order valence-corrected chi connectivity index (χ1v) is 6.50. The number of nitriles is 1. The summed E-state index contributed by atoms with van der Waals surface area (Å²) >= 11 is 0. The van der Waals surface area contributed by atoms with Crippen LogP contribution in [0.2, 0.25) is 0 Å². The second-order valence-electron chi connectivity index (χ2n) is 4.91. The molecule has 1 atom stereocenters. The molecule has 21 heavy (non-hydrogen) atoms. The van der Waals surface area contributed by atoms with Crippen molar-refractivity contribution in [2.45, 2.75) is 12.6 Å². The lowest BCUT2D eigenvalue weighted by atomic mass is 10.0. The molecule has 1 aliphatic heterocycles. The van der Waals surface area contributed by atoms with Crippen molar-refractivity contribution >= 4 is 5.91 Å². The zero-order valence-electron chi connectivity index (χ0n) is 11.8. The maximum atomic E-state index is 12.6. The highest BCUT2D eigenvalue weighted by Crippen LogP contribution is 2.38. The minimum absolute atomic E-state index is 0.183. The number of nitrogens with zero attached hydrogens (tertiary/aromatic N) is 4. The molecule has 0 fully saturated rings. The van der Waals surface area contributed by atoms with Crippen LogP contribution in [0.15, 0.2) is 30.6 Å². The fraction of sp³-hybridized carbons (Fsp3) is 0.267. The maximum Gasteiger partial charge on any atom is 0.259 e. The fourth-order valence-corrected chi connectivity index (χ4v) is 2.66. The Bertz CT molecular complexity index is 744. The molecule has 6 nitrogen and oxygen atoms in total. The van der Waals surface area contributed by atoms with Crippen LogP contribution in [0.5, 0.6) is 5.75 Å². The molecule has 0 aliphatic carbocycles. The zero-order valence-corrected chi connectivity index (χ0v) is 11.8. The van der Waals surface area contributed by atoms with Gasteiger partial charge in [-0.25, -0.2) is 0 Å². The highest BCUT2D eigenvalue weighted by molar-refractivity contribution is 6.02. The standard InChI is InChI=1S/C15H14N4O2/c1-18-8-10(7-17-18)9-19-12(6-16)11-4-3-5-13(21-2)14(11)15(19)20/h3-5,7-8,12H,9H2,1-2H3. The Morgan fingerprint density at radius 1 is 1.48 bits per heavy atom. The van der Waals surface area contributed by atoms with Gasteiger partial charge in [-0.1, -0.05) is 12.1 Å². The lowest BCUT2D eigenvalue weighted by molar-refractivity contribution is 0.0742. The van der Waals surface area contributed by atoms with E-state index in [4.69, 9.17) is 4.74 Å². The number of aromatic nitrogens is 2. The van der Waals surface area contributed by atoms with Crippen LogP contribution in [-0.2, 0) is 13.6 Å². The summed E-state index contributed by atoms with van der Waals surface area (Å²) in [6.07, 6.45) is 3.53. The number of aryl methyl sites for hydroxylation is 1. The molecule has 2 heterocycles. The monoisotopic (exact) mass is 282 g/mol. The summed E-state index contributed by atoms with van der Waals surface area (Å²) in [4.78, 5) is 14.2. The van der Waals surface area contributed by atoms with Crippen molar-refractivity contribution < 1.29 is 9.53 Å². The topological polar surface area (TPSA) is 71.2 Å². The molecule has 0 spiro atoms. The molecule has 0 saturated heterocycles. The van der Waals surface area contributed by atoms with Crippen molar-refractivity contribution in [1.29, 1.82) is 5.26 Å². The van der Waals surface area contributed by atoms with Crippen LogP contribution >= 0.6 is 0 Å². The van der Waals surface area contributed by atoms with Gasteiger partial charge in [-0.15, -0.1) is 0 Å². The van der Waals surface area contributed by atoms with E-state index in [0.717, 1.165) is 5.56 Å². The van der Waals surface area contributed by atoms with Gasteiger partial charge in [0.15, 0.2) is 0 Å². The van der Waals surface area contributed by atoms with Gasteiger partial charge >= 0.3 is 0 Å². The molecule has 3 rings (SSSR count). The van der Waals surface area contributed by atoms with Gasteiger partial charge in [-0.3, -0.25) is 9.48 Å². The number of carbonyl (C=O) groups excluding carboxylic acids is 1. The molecular formula is C15H14N4O2. The third kappa shape index (κ3) is 2.03. The first-order valence-electron chi connectivity index (χ1n) is 6.50. The second-order valence-corrected chi connectivity index (χ2v) is 4.91. The van der Waals surface area contributed by atoms with Gasteiger partial charge in [-0.05, 0) is 6.07 Å². The van der Waals surface area contributed by atoms with E-state index < -0.39 is 6.04 Å². The molecule has 2 aromatic rings. The Balaban J connectivity index is 2.00. The lowest BCUT2D eigenvalue weighted by Crippen LogP contribution is -2.26. The largest absolute Gasteiger partial charge is 0.496 e. The van der Waals surface area contributed by atoms with Gasteiger partial charge in [0.1, 0.15) is 11.8 Å². The summed E-state index contributed by atoms with van der Waals surface area (Å²) in [5.41, 5.74) is 2.07. The Morgan fingerprint density at radius 3 is 2.90 bits per heavy atom. The molecule has 0 bridgehead atoms. The quantitative estimate of drug-likeness (QED) is 0.858. The molecule has 1 aliphatic rings. The minimum Gasteiger partial charge on any atom is -0.496 e. The smallest absolute Gasteiger partial charge is 0.259 e. The van der Waals surface area contributed by atoms with Crippen molar-refractivity contribution in [3.05, 3.63) is 47.3 Å². The van der Waals surface area contributed by atoms with Crippen molar-refractivity contribution in [3.8, 4) is 11.8 Å². The minimum atomic E-state index is -0.595. The van der Waals surface area contributed by atoms with Crippen LogP contribution in [-0.4, -0.2) is 27.7 Å². The first-order chi connectivity index (χ1) is 10.2. The van der Waals surface area contributed by atoms with Crippen LogP contribution in [0.1, 0.15) is 27.5 Å². The summed E-state index contributed by atoms with van der Waals surface area (Å²) in [6, 6.07) is 6.93. The normalized spacial score (nSPS) is 16.7. The van der Waals surface area contributed by atoms with Gasteiger partial charge in [0.05, 0.1) is 31.5 Å². The van der Waals surface area contributed by atoms with Gasteiger partial charge in [0, 0.05) is 24.4 Å². The third-order valence-corrected chi connectivity index (χ3v) is 3.59. The van der Waals surface area contributed by atoms with E-state index in [0.29, 0.717) is 23.4 Å². The summed E-state index contributed by atoms with van der Waals surface area (Å²) in [6.45, 7) is 0.350.